The van der Waals surface area contributed by atoms with Crippen molar-refractivity contribution in [1.82, 2.24) is 10.2 Å². The summed E-state index contributed by atoms with van der Waals surface area (Å²) in [7, 11) is 1.32. The van der Waals surface area contributed by atoms with Gasteiger partial charge in [-0.15, -0.1) is 10.2 Å². The average molecular weight is 365 g/mol. The Morgan fingerprint density at radius 2 is 2.29 bits per heavy atom. The van der Waals surface area contributed by atoms with Crippen LogP contribution in [0.25, 0.3) is 0 Å². The number of esters is 1. The number of furan rings is 1. The number of nitrogens with one attached hydrogen (secondary N) is 1. The molecule has 1 N–H and O–H groups in total. The molecule has 0 amide bonds. The SMILES string of the molecule is COC(=O)c1ccoc1CSc1nnc(Nc2cccc(F)c2)s1. The second-order valence-electron chi connectivity index (χ2n) is 4.55. The molecule has 0 unspecified atom stereocenters. The van der Waals surface area contributed by atoms with Crippen LogP contribution in [0, 0.1) is 5.82 Å². The third-order valence-corrected chi connectivity index (χ3v) is 4.93. The molecule has 2 aromatic heterocycles. The molecule has 3 rings (SSSR count). The first-order chi connectivity index (χ1) is 11.7. The Morgan fingerprint density at radius 3 is 3.08 bits per heavy atom. The van der Waals surface area contributed by atoms with E-state index in [9.17, 15) is 9.18 Å². The summed E-state index contributed by atoms with van der Waals surface area (Å²) >= 11 is 2.71. The van der Waals surface area contributed by atoms with Crippen LogP contribution in [0.15, 0.2) is 45.4 Å². The molecule has 124 valence electrons. The first-order valence-electron chi connectivity index (χ1n) is 6.79. The third-order valence-electron chi connectivity index (χ3n) is 2.96. The van der Waals surface area contributed by atoms with Gasteiger partial charge in [-0.2, -0.15) is 0 Å². The van der Waals surface area contributed by atoms with Crippen molar-refractivity contribution in [3.05, 3.63) is 53.7 Å². The molecule has 0 saturated carbocycles. The van der Waals surface area contributed by atoms with E-state index in [1.807, 2.05) is 0 Å². The molecule has 0 saturated heterocycles. The van der Waals surface area contributed by atoms with Gasteiger partial charge in [0.05, 0.1) is 19.1 Å². The highest BCUT2D eigenvalue weighted by Gasteiger charge is 2.16. The van der Waals surface area contributed by atoms with Crippen molar-refractivity contribution < 1.29 is 18.3 Å². The fraction of sp³-hybridized carbons (Fsp3) is 0.133. The highest BCUT2D eigenvalue weighted by Crippen LogP contribution is 2.31. The molecule has 0 spiro atoms. The van der Waals surface area contributed by atoms with E-state index in [2.05, 4.69) is 15.5 Å². The van der Waals surface area contributed by atoms with Gasteiger partial charge in [0.25, 0.3) is 0 Å². The molecule has 1 aromatic carbocycles. The van der Waals surface area contributed by atoms with Gasteiger partial charge < -0.3 is 14.5 Å². The van der Waals surface area contributed by atoms with Crippen LogP contribution in [-0.4, -0.2) is 23.3 Å². The number of carbonyl (C=O) groups excluding carboxylic acids is 1. The number of hydrogen-bond acceptors (Lipinski definition) is 8. The first-order valence-corrected chi connectivity index (χ1v) is 8.59. The number of benzene rings is 1. The molecular formula is C15H12FN3O3S2. The van der Waals surface area contributed by atoms with Crippen molar-refractivity contribution in [1.29, 1.82) is 0 Å². The van der Waals surface area contributed by atoms with Gasteiger partial charge in [0.1, 0.15) is 17.1 Å². The molecule has 2 heterocycles. The number of thioether (sulfide) groups is 1. The number of rotatable bonds is 6. The van der Waals surface area contributed by atoms with Gasteiger partial charge in [0.2, 0.25) is 5.13 Å². The van der Waals surface area contributed by atoms with Crippen LogP contribution in [-0.2, 0) is 10.5 Å². The van der Waals surface area contributed by atoms with E-state index in [0.717, 1.165) is 0 Å². The van der Waals surface area contributed by atoms with Crippen LogP contribution < -0.4 is 5.32 Å². The maximum Gasteiger partial charge on any atom is 0.341 e. The first kappa shape index (κ1) is 16.5. The fourth-order valence-corrected chi connectivity index (χ4v) is 3.60. The second-order valence-corrected chi connectivity index (χ2v) is 6.75. The molecule has 0 aliphatic carbocycles. The Morgan fingerprint density at radius 1 is 1.42 bits per heavy atom. The smallest absolute Gasteiger partial charge is 0.341 e. The Hall–Kier alpha value is -2.39. The fourth-order valence-electron chi connectivity index (χ4n) is 1.88. The lowest BCUT2D eigenvalue weighted by molar-refractivity contribution is 0.0598. The van der Waals surface area contributed by atoms with Crippen molar-refractivity contribution in [3.8, 4) is 0 Å². The van der Waals surface area contributed by atoms with E-state index in [1.165, 1.54) is 48.6 Å². The minimum atomic E-state index is -0.440. The Bertz CT molecular complexity index is 850. The molecule has 6 nitrogen and oxygen atoms in total. The lowest BCUT2D eigenvalue weighted by atomic mass is 10.3. The van der Waals surface area contributed by atoms with Crippen LogP contribution in [0.3, 0.4) is 0 Å². The quantitative estimate of drug-likeness (QED) is 0.521. The van der Waals surface area contributed by atoms with Gasteiger partial charge in [-0.1, -0.05) is 29.2 Å². The summed E-state index contributed by atoms with van der Waals surface area (Å²) in [6.45, 7) is 0. The maximum absolute atomic E-state index is 13.2. The summed E-state index contributed by atoms with van der Waals surface area (Å²) in [5, 5.41) is 11.6. The number of nitrogens with zero attached hydrogens (tertiary/aromatic N) is 2. The standard InChI is InChI=1S/C15H12FN3O3S2/c1-21-13(20)11-5-6-22-12(11)8-23-15-19-18-14(24-15)17-10-4-2-3-9(16)7-10/h2-7H,8H2,1H3,(H,17,18). The molecule has 0 fully saturated rings. The number of halogens is 1. The molecular weight excluding hydrogens is 353 g/mol. The van der Waals surface area contributed by atoms with Gasteiger partial charge in [-0.3, -0.25) is 0 Å². The van der Waals surface area contributed by atoms with E-state index in [1.54, 1.807) is 18.2 Å². The van der Waals surface area contributed by atoms with Crippen LogP contribution in [0.2, 0.25) is 0 Å². The number of aromatic nitrogens is 2. The summed E-state index contributed by atoms with van der Waals surface area (Å²) in [6.07, 6.45) is 1.44. The van der Waals surface area contributed by atoms with Crippen molar-refractivity contribution >= 4 is 39.9 Å². The van der Waals surface area contributed by atoms with Gasteiger partial charge in [0, 0.05) is 5.69 Å². The molecule has 0 aliphatic rings. The summed E-state index contributed by atoms with van der Waals surface area (Å²) in [5.41, 5.74) is 0.995. The average Bonchev–Trinajstić information content (AvgIpc) is 3.21. The Labute approximate surface area is 145 Å². The van der Waals surface area contributed by atoms with Crippen LogP contribution >= 0.6 is 23.1 Å². The zero-order chi connectivity index (χ0) is 16.9. The summed E-state index contributed by atoms with van der Waals surface area (Å²) in [5.74, 6) is 0.172. The highest BCUT2D eigenvalue weighted by atomic mass is 32.2. The number of carbonyl (C=O) groups is 1. The van der Waals surface area contributed by atoms with Gasteiger partial charge in [-0.25, -0.2) is 9.18 Å². The molecule has 3 aromatic rings. The second kappa shape index (κ2) is 7.45. The number of anilines is 2. The molecule has 0 bridgehead atoms. The zero-order valence-corrected chi connectivity index (χ0v) is 14.1. The largest absolute Gasteiger partial charge is 0.468 e. The van der Waals surface area contributed by atoms with Crippen LogP contribution in [0.1, 0.15) is 16.1 Å². The molecule has 0 radical (unpaired) electrons. The van der Waals surface area contributed by atoms with Crippen molar-refractivity contribution in [2.24, 2.45) is 0 Å². The highest BCUT2D eigenvalue weighted by molar-refractivity contribution is 8.00. The van der Waals surface area contributed by atoms with E-state index in [0.29, 0.717) is 32.2 Å². The van der Waals surface area contributed by atoms with Gasteiger partial charge in [-0.05, 0) is 24.3 Å². The monoisotopic (exact) mass is 365 g/mol. The summed E-state index contributed by atoms with van der Waals surface area (Å²) in [4.78, 5) is 11.6. The minimum Gasteiger partial charge on any atom is -0.468 e. The van der Waals surface area contributed by atoms with Crippen LogP contribution in [0.4, 0.5) is 15.2 Å². The van der Waals surface area contributed by atoms with E-state index in [-0.39, 0.29) is 5.82 Å². The molecule has 24 heavy (non-hydrogen) atoms. The predicted octanol–water partition coefficient (Wildman–Crippen LogP) is 4.09. The van der Waals surface area contributed by atoms with Crippen molar-refractivity contribution in [2.45, 2.75) is 10.1 Å². The third kappa shape index (κ3) is 3.92. The number of ether oxygens (including phenoxy) is 1. The van der Waals surface area contributed by atoms with E-state index >= 15 is 0 Å². The molecule has 0 atom stereocenters. The lowest BCUT2D eigenvalue weighted by Gasteiger charge is -2.00. The van der Waals surface area contributed by atoms with E-state index < -0.39 is 5.97 Å². The van der Waals surface area contributed by atoms with Crippen molar-refractivity contribution in [3.63, 3.8) is 0 Å². The Kier molecular flexibility index (Phi) is 5.11. The topological polar surface area (TPSA) is 77.2 Å². The zero-order valence-electron chi connectivity index (χ0n) is 12.5. The molecule has 0 aliphatic heterocycles. The molecule has 9 heteroatoms. The van der Waals surface area contributed by atoms with Crippen molar-refractivity contribution in [2.75, 3.05) is 12.4 Å². The van der Waals surface area contributed by atoms with Gasteiger partial charge in [0.15, 0.2) is 4.34 Å². The minimum absolute atomic E-state index is 0.327. The van der Waals surface area contributed by atoms with Crippen LogP contribution in [0.5, 0.6) is 0 Å². The predicted molar refractivity (Wildman–Crippen MR) is 89.2 cm³/mol. The van der Waals surface area contributed by atoms with Gasteiger partial charge >= 0.3 is 5.97 Å². The lowest BCUT2D eigenvalue weighted by Crippen LogP contribution is -2.02. The maximum atomic E-state index is 13.2. The van der Waals surface area contributed by atoms with E-state index in [4.69, 9.17) is 9.15 Å². The number of methoxy groups -OCH3 is 1. The normalized spacial score (nSPS) is 10.6. The summed E-state index contributed by atoms with van der Waals surface area (Å²) in [6, 6.07) is 7.66. The Balaban J connectivity index is 1.62. The number of hydrogen-bond donors (Lipinski definition) is 1. The summed E-state index contributed by atoms with van der Waals surface area (Å²) < 4.78 is 23.9.